The molecule has 0 bridgehead atoms. The fourth-order valence-electron chi connectivity index (χ4n) is 3.99. The van der Waals surface area contributed by atoms with Crippen LogP contribution in [-0.4, -0.2) is 19.8 Å². The number of imidazole rings is 1. The summed E-state index contributed by atoms with van der Waals surface area (Å²) in [6, 6.07) is 29.9. The number of nitrogens with zero attached hydrogens (tertiary/aromatic N) is 3. The van der Waals surface area contributed by atoms with Gasteiger partial charge in [0.05, 0.1) is 12.4 Å². The van der Waals surface area contributed by atoms with E-state index in [0.29, 0.717) is 11.3 Å². The molecule has 192 valence electrons. The van der Waals surface area contributed by atoms with Crippen molar-refractivity contribution < 1.29 is 23.8 Å². The molecule has 38 heavy (non-hydrogen) atoms. The Kier molecular flexibility index (Phi) is 8.40. The van der Waals surface area contributed by atoms with Crippen LogP contribution in [0.25, 0.3) is 11.1 Å². The van der Waals surface area contributed by atoms with Gasteiger partial charge >= 0.3 is 0 Å². The van der Waals surface area contributed by atoms with Crippen molar-refractivity contribution in [2.75, 3.05) is 0 Å². The topological polar surface area (TPSA) is 90.4 Å². The lowest BCUT2D eigenvalue weighted by Crippen LogP contribution is -2.10. The van der Waals surface area contributed by atoms with E-state index in [9.17, 15) is 8.78 Å². The Morgan fingerprint density at radius 3 is 2.08 bits per heavy atom. The first-order valence-corrected chi connectivity index (χ1v) is 11.5. The zero-order chi connectivity index (χ0) is 26.9. The number of aromatic nitrogens is 2. The molecular formula is C29H23F2N3O4. The van der Waals surface area contributed by atoms with E-state index in [4.69, 9.17) is 20.1 Å². The van der Waals surface area contributed by atoms with Gasteiger partial charge in [-0.25, -0.2) is 13.8 Å². The maximum atomic E-state index is 13.9. The van der Waals surface area contributed by atoms with Crippen LogP contribution in [0.5, 0.6) is 5.75 Å². The number of hydrogen-bond donors (Lipinski definition) is 1. The van der Waals surface area contributed by atoms with E-state index in [0.717, 1.165) is 22.8 Å². The van der Waals surface area contributed by atoms with Gasteiger partial charge in [-0.15, -0.1) is 10.1 Å². The van der Waals surface area contributed by atoms with Gasteiger partial charge in [-0.1, -0.05) is 66.7 Å². The van der Waals surface area contributed by atoms with Crippen LogP contribution in [0.2, 0.25) is 0 Å². The van der Waals surface area contributed by atoms with Gasteiger partial charge in [0.1, 0.15) is 24.0 Å². The number of halogens is 2. The van der Waals surface area contributed by atoms with Gasteiger partial charge in [-0.05, 0) is 46.5 Å². The summed E-state index contributed by atoms with van der Waals surface area (Å²) in [6.07, 6.45) is 5.51. The van der Waals surface area contributed by atoms with E-state index in [1.54, 1.807) is 12.5 Å². The van der Waals surface area contributed by atoms with Gasteiger partial charge in [-0.3, -0.25) is 0 Å². The van der Waals surface area contributed by atoms with Crippen molar-refractivity contribution >= 4 is 0 Å². The first-order valence-electron chi connectivity index (χ1n) is 11.5. The normalized spacial score (nSPS) is 11.2. The van der Waals surface area contributed by atoms with Crippen LogP contribution in [-0.2, 0) is 6.61 Å². The van der Waals surface area contributed by atoms with Crippen LogP contribution in [0.1, 0.15) is 22.7 Å². The van der Waals surface area contributed by atoms with E-state index in [-0.39, 0.29) is 12.6 Å². The third-order valence-corrected chi connectivity index (χ3v) is 5.76. The predicted molar refractivity (Wildman–Crippen MR) is 137 cm³/mol. The highest BCUT2D eigenvalue weighted by Crippen LogP contribution is 2.30. The molecule has 0 aliphatic carbocycles. The van der Waals surface area contributed by atoms with Crippen molar-refractivity contribution in [3.05, 3.63) is 154 Å². The number of rotatable bonds is 7. The third kappa shape index (κ3) is 6.79. The zero-order valence-corrected chi connectivity index (χ0v) is 20.0. The van der Waals surface area contributed by atoms with Crippen LogP contribution < -0.4 is 4.74 Å². The first-order chi connectivity index (χ1) is 18.4. The molecule has 5 aromatic rings. The zero-order valence-electron chi connectivity index (χ0n) is 20.0. The molecule has 1 unspecified atom stereocenters. The second kappa shape index (κ2) is 12.3. The van der Waals surface area contributed by atoms with Crippen LogP contribution in [0.3, 0.4) is 0 Å². The van der Waals surface area contributed by atoms with Crippen molar-refractivity contribution in [3.8, 4) is 16.9 Å². The molecule has 0 aliphatic rings. The predicted octanol–water partition coefficient (Wildman–Crippen LogP) is 6.70. The lowest BCUT2D eigenvalue weighted by Gasteiger charge is -2.20. The SMILES string of the molecule is Fc1ccc(COc2ccc(C(c3ccc(-c4ccccc4)cc3)n3ccnc3)cc2)c(F)c1.O=[N+]([O-])O. The summed E-state index contributed by atoms with van der Waals surface area (Å²) in [6.45, 7) is 0.0252. The fourth-order valence-corrected chi connectivity index (χ4v) is 3.99. The molecule has 1 atom stereocenters. The molecule has 0 aliphatic heterocycles. The largest absolute Gasteiger partial charge is 0.489 e. The van der Waals surface area contributed by atoms with E-state index in [1.807, 2.05) is 48.7 Å². The summed E-state index contributed by atoms with van der Waals surface area (Å²) in [7, 11) is 0. The van der Waals surface area contributed by atoms with Crippen LogP contribution >= 0.6 is 0 Å². The summed E-state index contributed by atoms with van der Waals surface area (Å²) in [5, 5.41) is 13.6. The summed E-state index contributed by atoms with van der Waals surface area (Å²) in [5.74, 6) is -0.611. The van der Waals surface area contributed by atoms with E-state index in [1.165, 1.54) is 17.7 Å². The molecule has 1 N–H and O–H groups in total. The Bertz CT molecular complexity index is 1460. The number of hydrogen-bond acceptors (Lipinski definition) is 4. The van der Waals surface area contributed by atoms with Crippen molar-refractivity contribution in [3.63, 3.8) is 0 Å². The lowest BCUT2D eigenvalue weighted by atomic mass is 9.96. The smallest absolute Gasteiger partial charge is 0.291 e. The van der Waals surface area contributed by atoms with Crippen molar-refractivity contribution in [2.45, 2.75) is 12.6 Å². The summed E-state index contributed by atoms with van der Waals surface area (Å²) in [4.78, 5) is 12.6. The lowest BCUT2D eigenvalue weighted by molar-refractivity contribution is -0.742. The van der Waals surface area contributed by atoms with Gasteiger partial charge in [0.15, 0.2) is 0 Å². The maximum Gasteiger partial charge on any atom is 0.291 e. The number of ether oxygens (including phenoxy) is 1. The Morgan fingerprint density at radius 2 is 1.50 bits per heavy atom. The van der Waals surface area contributed by atoms with Crippen LogP contribution in [0, 0.1) is 21.7 Å². The van der Waals surface area contributed by atoms with Gasteiger partial charge in [-0.2, -0.15) is 0 Å². The van der Waals surface area contributed by atoms with Gasteiger partial charge in [0.25, 0.3) is 5.09 Å². The van der Waals surface area contributed by atoms with Crippen LogP contribution in [0.15, 0.2) is 116 Å². The molecule has 7 nitrogen and oxygen atoms in total. The molecule has 1 heterocycles. The average molecular weight is 516 g/mol. The maximum absolute atomic E-state index is 13.9. The minimum Gasteiger partial charge on any atom is -0.489 e. The Balaban J connectivity index is 0.000000786. The quantitative estimate of drug-likeness (QED) is 0.192. The molecule has 5 rings (SSSR count). The standard InChI is InChI=1S/C29H22F2N2O.HNO3/c30-26-13-10-25(28(31)18-26)19-34-27-14-11-24(12-15-27)29(33-17-16-32-20-33)23-8-6-22(7-9-23)21-4-2-1-3-5-21;2-1(3)4/h1-18,20,29H,19H2;(H,2,3,4). The summed E-state index contributed by atoms with van der Waals surface area (Å²) >= 11 is 0. The van der Waals surface area contributed by atoms with Crippen LogP contribution in [0.4, 0.5) is 8.78 Å². The van der Waals surface area contributed by atoms with Gasteiger partial charge in [0.2, 0.25) is 0 Å². The van der Waals surface area contributed by atoms with Gasteiger partial charge in [0, 0.05) is 24.0 Å². The fraction of sp³-hybridized carbons (Fsp3) is 0.0690. The van der Waals surface area contributed by atoms with Crippen molar-refractivity contribution in [1.82, 2.24) is 9.55 Å². The summed E-state index contributed by atoms with van der Waals surface area (Å²) in [5.41, 5.74) is 4.82. The number of benzene rings is 4. The molecular weight excluding hydrogens is 492 g/mol. The molecule has 0 amide bonds. The molecule has 0 radical (unpaired) electrons. The highest BCUT2D eigenvalue weighted by molar-refractivity contribution is 5.63. The highest BCUT2D eigenvalue weighted by Gasteiger charge is 2.16. The minimum atomic E-state index is -1.50. The van der Waals surface area contributed by atoms with E-state index in [2.05, 4.69) is 45.9 Å². The second-order valence-corrected chi connectivity index (χ2v) is 8.23. The first kappa shape index (κ1) is 26.0. The molecule has 1 aromatic heterocycles. The van der Waals surface area contributed by atoms with Gasteiger partial charge < -0.3 is 14.5 Å². The molecule has 9 heteroatoms. The monoisotopic (exact) mass is 515 g/mol. The molecule has 0 saturated carbocycles. The third-order valence-electron chi connectivity index (χ3n) is 5.76. The highest BCUT2D eigenvalue weighted by atomic mass is 19.1. The Hall–Kier alpha value is -5.05. The van der Waals surface area contributed by atoms with Crippen molar-refractivity contribution in [2.24, 2.45) is 0 Å². The molecule has 0 saturated heterocycles. The molecule has 4 aromatic carbocycles. The van der Waals surface area contributed by atoms with E-state index < -0.39 is 16.7 Å². The Labute approximate surface area is 217 Å². The molecule has 0 fully saturated rings. The summed E-state index contributed by atoms with van der Waals surface area (Å²) < 4.78 is 34.8. The Morgan fingerprint density at radius 1 is 0.895 bits per heavy atom. The van der Waals surface area contributed by atoms with E-state index >= 15 is 0 Å². The average Bonchev–Trinajstić information content (AvgIpc) is 3.44. The molecule has 0 spiro atoms. The minimum absolute atomic E-state index is 0.0252. The second-order valence-electron chi connectivity index (χ2n) is 8.23. The van der Waals surface area contributed by atoms with Crippen molar-refractivity contribution in [1.29, 1.82) is 0 Å².